The van der Waals surface area contributed by atoms with Gasteiger partial charge in [-0.2, -0.15) is 0 Å². The summed E-state index contributed by atoms with van der Waals surface area (Å²) in [5.74, 6) is -0.290. The quantitative estimate of drug-likeness (QED) is 0.875. The third-order valence-electron chi connectivity index (χ3n) is 3.69. The smallest absolute Gasteiger partial charge is 0.173 e. The maximum absolute atomic E-state index is 13.9. The lowest BCUT2D eigenvalue weighted by Gasteiger charge is -2.34. The summed E-state index contributed by atoms with van der Waals surface area (Å²) in [5.41, 5.74) is 6.50. The molecule has 1 aliphatic carbocycles. The number of benzene rings is 1. The number of hydrogen-bond acceptors (Lipinski definition) is 3. The van der Waals surface area contributed by atoms with Crippen LogP contribution in [0.3, 0.4) is 0 Å². The van der Waals surface area contributed by atoms with Crippen LogP contribution in [0, 0.1) is 11.7 Å². The van der Waals surface area contributed by atoms with Crippen LogP contribution in [-0.2, 0) is 0 Å². The Labute approximate surface area is 117 Å². The largest absolute Gasteiger partial charge is 0.489 e. The Bertz CT molecular complexity index is 428. The van der Waals surface area contributed by atoms with E-state index in [0.29, 0.717) is 12.2 Å². The van der Waals surface area contributed by atoms with Gasteiger partial charge in [0, 0.05) is 0 Å². The van der Waals surface area contributed by atoms with Gasteiger partial charge in [-0.25, -0.2) is 4.39 Å². The Morgan fingerprint density at radius 2 is 2.21 bits per heavy atom. The number of nitrogens with two attached hydrogens (primary N) is 1. The number of hydrogen-bond donors (Lipinski definition) is 2. The Morgan fingerprint density at radius 3 is 2.68 bits per heavy atom. The van der Waals surface area contributed by atoms with Crippen LogP contribution in [0.5, 0.6) is 5.75 Å². The second-order valence-corrected chi connectivity index (χ2v) is 5.36. The molecule has 1 saturated carbocycles. The first-order valence-corrected chi connectivity index (χ1v) is 6.97. The molecule has 0 unspecified atom stereocenters. The summed E-state index contributed by atoms with van der Waals surface area (Å²) in [6.07, 6.45) is 2.42. The molecule has 0 spiro atoms. The van der Waals surface area contributed by atoms with E-state index in [9.17, 15) is 9.50 Å². The Morgan fingerprint density at radius 1 is 1.53 bits per heavy atom. The first-order chi connectivity index (χ1) is 9.04. The van der Waals surface area contributed by atoms with Gasteiger partial charge in [0.25, 0.3) is 0 Å². The van der Waals surface area contributed by atoms with Gasteiger partial charge in [0.1, 0.15) is 0 Å². The van der Waals surface area contributed by atoms with Gasteiger partial charge >= 0.3 is 0 Å². The average Bonchev–Trinajstić information content (AvgIpc) is 2.30. The van der Waals surface area contributed by atoms with Crippen LogP contribution in [0.25, 0.3) is 0 Å². The molecule has 3 N–H and O–H groups in total. The van der Waals surface area contributed by atoms with E-state index in [0.717, 1.165) is 19.3 Å². The van der Waals surface area contributed by atoms with Gasteiger partial charge in [-0.05, 0) is 43.4 Å². The van der Waals surface area contributed by atoms with Crippen molar-refractivity contribution in [3.63, 3.8) is 0 Å². The molecule has 2 rings (SSSR count). The van der Waals surface area contributed by atoms with E-state index in [-0.39, 0.29) is 16.7 Å². The van der Waals surface area contributed by atoms with Crippen LogP contribution in [0.15, 0.2) is 12.1 Å². The molecule has 106 valence electrons. The summed E-state index contributed by atoms with van der Waals surface area (Å²) in [6.45, 7) is 2.10. The van der Waals surface area contributed by atoms with Crippen molar-refractivity contribution in [2.75, 3.05) is 6.61 Å². The van der Waals surface area contributed by atoms with E-state index in [1.54, 1.807) is 13.0 Å². The van der Waals surface area contributed by atoms with Crippen LogP contribution < -0.4 is 10.5 Å². The second kappa shape index (κ2) is 6.07. The molecule has 0 heterocycles. The van der Waals surface area contributed by atoms with Crippen molar-refractivity contribution >= 4 is 11.6 Å². The second-order valence-electron chi connectivity index (χ2n) is 4.95. The highest BCUT2D eigenvalue weighted by Crippen LogP contribution is 2.37. The molecule has 0 aliphatic heterocycles. The fourth-order valence-corrected chi connectivity index (χ4v) is 2.60. The first kappa shape index (κ1) is 14.6. The molecule has 0 saturated heterocycles. The van der Waals surface area contributed by atoms with E-state index in [1.807, 2.05) is 0 Å². The molecule has 3 nitrogen and oxygen atoms in total. The molecule has 0 amide bonds. The van der Waals surface area contributed by atoms with Crippen molar-refractivity contribution in [3.8, 4) is 5.75 Å². The number of ether oxygens (including phenoxy) is 1. The van der Waals surface area contributed by atoms with Gasteiger partial charge in [-0.15, -0.1) is 0 Å². The maximum Gasteiger partial charge on any atom is 0.173 e. The van der Waals surface area contributed by atoms with Crippen molar-refractivity contribution in [3.05, 3.63) is 28.5 Å². The minimum absolute atomic E-state index is 0.0400. The van der Waals surface area contributed by atoms with Crippen LogP contribution >= 0.6 is 11.6 Å². The molecule has 19 heavy (non-hydrogen) atoms. The minimum atomic E-state index is -0.651. The fraction of sp³-hybridized carbons (Fsp3) is 0.571. The summed E-state index contributed by atoms with van der Waals surface area (Å²) < 4.78 is 19.0. The summed E-state index contributed by atoms with van der Waals surface area (Å²) in [4.78, 5) is 0. The molecular formula is C14H19ClFNO2. The standard InChI is InChI=1S/C14H19ClFNO2/c1-2-19-14-10(15)6-9(7-11(14)16)12(17)13(18)8-4-3-5-8/h6-8,12-13,18H,2-5,17H2,1H3/t12-,13+/m1/s1. The minimum Gasteiger partial charge on any atom is -0.489 e. The molecule has 5 heteroatoms. The fourth-order valence-electron chi connectivity index (χ4n) is 2.33. The normalized spacial score (nSPS) is 18.8. The highest BCUT2D eigenvalue weighted by atomic mass is 35.5. The van der Waals surface area contributed by atoms with E-state index >= 15 is 0 Å². The highest BCUT2D eigenvalue weighted by Gasteiger charge is 2.31. The van der Waals surface area contributed by atoms with Crippen molar-refractivity contribution in [1.82, 2.24) is 0 Å². The molecule has 0 aromatic heterocycles. The van der Waals surface area contributed by atoms with E-state index < -0.39 is 18.0 Å². The molecule has 2 atom stereocenters. The summed E-state index contributed by atoms with van der Waals surface area (Å²) in [7, 11) is 0. The van der Waals surface area contributed by atoms with E-state index in [2.05, 4.69) is 0 Å². The Balaban J connectivity index is 2.20. The molecule has 0 bridgehead atoms. The van der Waals surface area contributed by atoms with Gasteiger partial charge in [-0.3, -0.25) is 0 Å². The highest BCUT2D eigenvalue weighted by molar-refractivity contribution is 6.32. The van der Waals surface area contributed by atoms with Crippen molar-refractivity contribution in [2.24, 2.45) is 11.7 Å². The molecule has 1 aromatic carbocycles. The van der Waals surface area contributed by atoms with Crippen molar-refractivity contribution in [1.29, 1.82) is 0 Å². The van der Waals surface area contributed by atoms with Gasteiger partial charge in [0.2, 0.25) is 0 Å². The lowest BCUT2D eigenvalue weighted by Crippen LogP contribution is -2.36. The zero-order chi connectivity index (χ0) is 14.0. The summed E-state index contributed by atoms with van der Waals surface area (Å²) in [5, 5.41) is 10.3. The predicted molar refractivity (Wildman–Crippen MR) is 72.9 cm³/mol. The Hall–Kier alpha value is -0.840. The third kappa shape index (κ3) is 3.02. The monoisotopic (exact) mass is 287 g/mol. The van der Waals surface area contributed by atoms with Crippen molar-refractivity contribution in [2.45, 2.75) is 38.3 Å². The number of aliphatic hydroxyl groups is 1. The van der Waals surface area contributed by atoms with Gasteiger partial charge in [0.05, 0.1) is 23.8 Å². The average molecular weight is 288 g/mol. The molecule has 1 aliphatic rings. The van der Waals surface area contributed by atoms with Crippen LogP contribution in [0.2, 0.25) is 5.02 Å². The predicted octanol–water partition coefficient (Wildman–Crippen LogP) is 3.04. The number of aliphatic hydroxyl groups excluding tert-OH is 1. The van der Waals surface area contributed by atoms with Crippen molar-refractivity contribution < 1.29 is 14.2 Å². The number of rotatable bonds is 5. The SMILES string of the molecule is CCOc1c(F)cc([C@@H](N)[C@@H](O)C2CCC2)cc1Cl. The van der Waals surface area contributed by atoms with Crippen LogP contribution in [-0.4, -0.2) is 17.8 Å². The zero-order valence-electron chi connectivity index (χ0n) is 10.9. The van der Waals surface area contributed by atoms with Gasteiger partial charge in [-0.1, -0.05) is 18.0 Å². The van der Waals surface area contributed by atoms with Crippen LogP contribution in [0.4, 0.5) is 4.39 Å². The van der Waals surface area contributed by atoms with E-state index in [4.69, 9.17) is 22.1 Å². The summed E-state index contributed by atoms with van der Waals surface area (Å²) >= 11 is 5.99. The maximum atomic E-state index is 13.9. The third-order valence-corrected chi connectivity index (χ3v) is 3.98. The number of halogens is 2. The molecular weight excluding hydrogens is 269 g/mol. The molecule has 1 fully saturated rings. The summed E-state index contributed by atoms with van der Waals surface area (Å²) in [6, 6.07) is 2.25. The molecule has 0 radical (unpaired) electrons. The molecule has 1 aromatic rings. The lowest BCUT2D eigenvalue weighted by molar-refractivity contribution is 0.0413. The lowest BCUT2D eigenvalue weighted by atomic mass is 9.77. The first-order valence-electron chi connectivity index (χ1n) is 6.60. The zero-order valence-corrected chi connectivity index (χ0v) is 11.7. The topological polar surface area (TPSA) is 55.5 Å². The van der Waals surface area contributed by atoms with Gasteiger partial charge in [0.15, 0.2) is 11.6 Å². The van der Waals surface area contributed by atoms with E-state index in [1.165, 1.54) is 6.07 Å². The van der Waals surface area contributed by atoms with Crippen LogP contribution in [0.1, 0.15) is 37.8 Å². The Kier molecular flexibility index (Phi) is 4.66. The van der Waals surface area contributed by atoms with Gasteiger partial charge < -0.3 is 15.6 Å².